The van der Waals surface area contributed by atoms with E-state index in [1.54, 1.807) is 0 Å². The number of nitrogens with one attached hydrogen (secondary N) is 1. The van der Waals surface area contributed by atoms with Crippen LogP contribution >= 0.6 is 0 Å². The third-order valence-corrected chi connectivity index (χ3v) is 2.55. The third-order valence-electron chi connectivity index (χ3n) is 2.55. The van der Waals surface area contributed by atoms with Crippen molar-refractivity contribution in [3.05, 3.63) is 30.1 Å². The second-order valence-electron chi connectivity index (χ2n) is 4.28. The predicted octanol–water partition coefficient (Wildman–Crippen LogP) is 3.30. The van der Waals surface area contributed by atoms with Gasteiger partial charge in [-0.1, -0.05) is 26.0 Å². The van der Waals surface area contributed by atoms with Crippen molar-refractivity contribution in [1.82, 2.24) is 9.88 Å². The molecule has 2 heteroatoms. The molecule has 2 nitrogen and oxygen atoms in total. The van der Waals surface area contributed by atoms with Gasteiger partial charge < -0.3 is 9.88 Å². The molecule has 1 aromatic heterocycles. The van der Waals surface area contributed by atoms with Gasteiger partial charge in [0.1, 0.15) is 0 Å². The van der Waals surface area contributed by atoms with Gasteiger partial charge in [-0.15, -0.1) is 0 Å². The average Bonchev–Trinajstić information content (AvgIpc) is 2.72. The predicted molar refractivity (Wildman–Crippen MR) is 71.5 cm³/mol. The Morgan fingerprint density at radius 1 is 1.38 bits per heavy atom. The maximum Gasteiger partial charge on any atom is 0.0224 e. The summed E-state index contributed by atoms with van der Waals surface area (Å²) in [6, 6.07) is 2.62. The average molecular weight is 220 g/mol. The molecule has 0 aromatic carbocycles. The van der Waals surface area contributed by atoms with Crippen molar-refractivity contribution in [3.63, 3.8) is 0 Å². The van der Waals surface area contributed by atoms with Gasteiger partial charge in [-0.3, -0.25) is 0 Å². The Morgan fingerprint density at radius 2 is 2.19 bits per heavy atom. The first-order chi connectivity index (χ1) is 7.76. The topological polar surface area (TPSA) is 17.0 Å². The molecule has 0 spiro atoms. The van der Waals surface area contributed by atoms with Crippen molar-refractivity contribution in [3.8, 4) is 0 Å². The van der Waals surface area contributed by atoms with Gasteiger partial charge in [0.2, 0.25) is 0 Å². The van der Waals surface area contributed by atoms with Gasteiger partial charge in [0.25, 0.3) is 0 Å². The lowest BCUT2D eigenvalue weighted by Gasteiger charge is -2.06. The molecule has 0 bridgehead atoms. The lowest BCUT2D eigenvalue weighted by molar-refractivity contribution is 0.625. The van der Waals surface area contributed by atoms with E-state index in [4.69, 9.17) is 0 Å². The van der Waals surface area contributed by atoms with Gasteiger partial charge in [0, 0.05) is 25.0 Å². The van der Waals surface area contributed by atoms with Gasteiger partial charge in [-0.05, 0) is 37.9 Å². The van der Waals surface area contributed by atoms with Crippen molar-refractivity contribution in [2.75, 3.05) is 6.54 Å². The molecule has 0 radical (unpaired) electrons. The summed E-state index contributed by atoms with van der Waals surface area (Å²) < 4.78 is 2.24. The molecule has 0 aliphatic carbocycles. The Kier molecular flexibility index (Phi) is 5.94. The highest BCUT2D eigenvalue weighted by atomic mass is 14.9. The van der Waals surface area contributed by atoms with E-state index in [1.165, 1.54) is 18.4 Å². The van der Waals surface area contributed by atoms with E-state index in [2.05, 4.69) is 61.3 Å². The molecule has 1 aromatic rings. The zero-order chi connectivity index (χ0) is 11.8. The van der Waals surface area contributed by atoms with E-state index >= 15 is 0 Å². The summed E-state index contributed by atoms with van der Waals surface area (Å²) in [7, 11) is 0. The highest BCUT2D eigenvalue weighted by Gasteiger charge is 1.95. The molecule has 1 N–H and O–H groups in total. The van der Waals surface area contributed by atoms with Crippen LogP contribution < -0.4 is 5.32 Å². The van der Waals surface area contributed by atoms with Crippen molar-refractivity contribution < 1.29 is 0 Å². The van der Waals surface area contributed by atoms with Crippen LogP contribution in [0.2, 0.25) is 0 Å². The van der Waals surface area contributed by atoms with Gasteiger partial charge in [-0.25, -0.2) is 0 Å². The molecule has 16 heavy (non-hydrogen) atoms. The molecule has 1 unspecified atom stereocenters. The third kappa shape index (κ3) is 4.67. The van der Waals surface area contributed by atoms with E-state index in [1.807, 2.05) is 0 Å². The van der Waals surface area contributed by atoms with Crippen LogP contribution in [0.15, 0.2) is 24.5 Å². The molecule has 0 saturated heterocycles. The Morgan fingerprint density at radius 3 is 2.88 bits per heavy atom. The second-order valence-corrected chi connectivity index (χ2v) is 4.28. The van der Waals surface area contributed by atoms with Gasteiger partial charge in [0.15, 0.2) is 0 Å². The SMILES string of the molecule is CCCNC(C)/C=C/c1ccn(CCC)c1. The highest BCUT2D eigenvalue weighted by molar-refractivity contribution is 5.48. The second kappa shape index (κ2) is 7.29. The van der Waals surface area contributed by atoms with Crippen LogP contribution in [-0.2, 0) is 6.54 Å². The van der Waals surface area contributed by atoms with Crippen LogP contribution in [0, 0.1) is 0 Å². The van der Waals surface area contributed by atoms with Gasteiger partial charge in [-0.2, -0.15) is 0 Å². The Bertz CT molecular complexity index is 312. The number of aryl methyl sites for hydroxylation is 1. The van der Waals surface area contributed by atoms with Crippen molar-refractivity contribution in [1.29, 1.82) is 0 Å². The molecule has 1 atom stereocenters. The number of rotatable bonds is 7. The standard InChI is InChI=1S/C14H24N2/c1-4-9-15-13(3)6-7-14-8-11-16(12-14)10-5-2/h6-8,11-13,15H,4-5,9-10H2,1-3H3/b7-6+. The maximum atomic E-state index is 3.44. The minimum atomic E-state index is 0.453. The molecule has 0 saturated carbocycles. The van der Waals surface area contributed by atoms with E-state index in [0.29, 0.717) is 6.04 Å². The fourth-order valence-electron chi connectivity index (χ4n) is 1.65. The van der Waals surface area contributed by atoms with Crippen LogP contribution in [0.1, 0.15) is 39.2 Å². The quantitative estimate of drug-likeness (QED) is 0.746. The first-order valence-corrected chi connectivity index (χ1v) is 6.33. The summed E-state index contributed by atoms with van der Waals surface area (Å²) in [5, 5.41) is 3.44. The number of aromatic nitrogens is 1. The van der Waals surface area contributed by atoms with Gasteiger partial charge >= 0.3 is 0 Å². The fraction of sp³-hybridized carbons (Fsp3) is 0.571. The monoisotopic (exact) mass is 220 g/mol. The molecule has 1 rings (SSSR count). The molecule has 0 amide bonds. The first kappa shape index (κ1) is 13.0. The number of hydrogen-bond acceptors (Lipinski definition) is 1. The van der Waals surface area contributed by atoms with Crippen LogP contribution in [0.5, 0.6) is 0 Å². The first-order valence-electron chi connectivity index (χ1n) is 6.33. The van der Waals surface area contributed by atoms with E-state index in [-0.39, 0.29) is 0 Å². The van der Waals surface area contributed by atoms with Crippen molar-refractivity contribution >= 4 is 6.08 Å². The number of hydrogen-bond donors (Lipinski definition) is 1. The van der Waals surface area contributed by atoms with Gasteiger partial charge in [0.05, 0.1) is 0 Å². The van der Waals surface area contributed by atoms with Crippen molar-refractivity contribution in [2.24, 2.45) is 0 Å². The maximum absolute atomic E-state index is 3.44. The molecule has 0 fully saturated rings. The minimum absolute atomic E-state index is 0.453. The zero-order valence-electron chi connectivity index (χ0n) is 10.7. The Hall–Kier alpha value is -1.02. The zero-order valence-corrected chi connectivity index (χ0v) is 10.7. The summed E-state index contributed by atoms with van der Waals surface area (Å²) >= 11 is 0. The Balaban J connectivity index is 2.42. The summed E-state index contributed by atoms with van der Waals surface area (Å²) in [5.41, 5.74) is 1.29. The highest BCUT2D eigenvalue weighted by Crippen LogP contribution is 2.05. The molecular weight excluding hydrogens is 196 g/mol. The van der Waals surface area contributed by atoms with E-state index < -0.39 is 0 Å². The molecular formula is C14H24N2. The minimum Gasteiger partial charge on any atom is -0.354 e. The van der Waals surface area contributed by atoms with Crippen LogP contribution in [0.3, 0.4) is 0 Å². The molecule has 90 valence electrons. The lowest BCUT2D eigenvalue weighted by Crippen LogP contribution is -2.24. The summed E-state index contributed by atoms with van der Waals surface area (Å²) in [4.78, 5) is 0. The van der Waals surface area contributed by atoms with Crippen molar-refractivity contribution in [2.45, 2.75) is 46.2 Å². The lowest BCUT2D eigenvalue weighted by atomic mass is 10.2. The number of nitrogens with zero attached hydrogens (tertiary/aromatic N) is 1. The van der Waals surface area contributed by atoms with E-state index in [0.717, 1.165) is 13.1 Å². The summed E-state index contributed by atoms with van der Waals surface area (Å²) in [5.74, 6) is 0. The van der Waals surface area contributed by atoms with Crippen LogP contribution in [0.25, 0.3) is 6.08 Å². The summed E-state index contributed by atoms with van der Waals surface area (Å²) in [6.07, 6.45) is 11.1. The fourth-order valence-corrected chi connectivity index (χ4v) is 1.65. The normalized spacial score (nSPS) is 13.4. The van der Waals surface area contributed by atoms with Crippen LogP contribution in [-0.4, -0.2) is 17.2 Å². The summed E-state index contributed by atoms with van der Waals surface area (Å²) in [6.45, 7) is 8.77. The smallest absolute Gasteiger partial charge is 0.0224 e. The van der Waals surface area contributed by atoms with Crippen LogP contribution in [0.4, 0.5) is 0 Å². The molecule has 0 aliphatic heterocycles. The Labute approximate surface area is 99.4 Å². The van der Waals surface area contributed by atoms with E-state index in [9.17, 15) is 0 Å². The molecule has 1 heterocycles. The largest absolute Gasteiger partial charge is 0.354 e. The molecule has 0 aliphatic rings.